The van der Waals surface area contributed by atoms with Crippen LogP contribution in [0.2, 0.25) is 0 Å². The summed E-state index contributed by atoms with van der Waals surface area (Å²) < 4.78 is 1.02. The van der Waals surface area contributed by atoms with Crippen LogP contribution in [-0.4, -0.2) is 5.91 Å². The molecule has 2 nitrogen and oxygen atoms in total. The van der Waals surface area contributed by atoms with E-state index in [1.807, 2.05) is 31.2 Å². The van der Waals surface area contributed by atoms with E-state index >= 15 is 0 Å². The number of aryl methyl sites for hydroxylation is 2. The Balaban J connectivity index is 2.01. The van der Waals surface area contributed by atoms with E-state index in [2.05, 4.69) is 53.3 Å². The Bertz CT molecular complexity index is 634. The van der Waals surface area contributed by atoms with Crippen molar-refractivity contribution in [2.45, 2.75) is 33.2 Å². The highest BCUT2D eigenvalue weighted by molar-refractivity contribution is 9.10. The minimum atomic E-state index is 0.0212. The average Bonchev–Trinajstić information content (AvgIpc) is 2.44. The van der Waals surface area contributed by atoms with Gasteiger partial charge in [0, 0.05) is 4.47 Å². The summed E-state index contributed by atoms with van der Waals surface area (Å²) in [6.45, 7) is 6.17. The summed E-state index contributed by atoms with van der Waals surface area (Å²) in [5, 5.41) is 3.08. The first kappa shape index (κ1) is 15.8. The van der Waals surface area contributed by atoms with Crippen LogP contribution >= 0.6 is 15.9 Å². The Labute approximate surface area is 134 Å². The van der Waals surface area contributed by atoms with Gasteiger partial charge in [0.05, 0.1) is 12.5 Å². The molecule has 1 N–H and O–H groups in total. The third-order valence-corrected chi connectivity index (χ3v) is 4.09. The maximum atomic E-state index is 12.2. The second kappa shape index (κ2) is 6.90. The maximum Gasteiger partial charge on any atom is 0.224 e. The zero-order valence-electron chi connectivity index (χ0n) is 12.6. The fourth-order valence-electron chi connectivity index (χ4n) is 2.38. The molecule has 0 heterocycles. The van der Waals surface area contributed by atoms with Crippen molar-refractivity contribution in [1.29, 1.82) is 0 Å². The second-order valence-corrected chi connectivity index (χ2v) is 6.37. The summed E-state index contributed by atoms with van der Waals surface area (Å²) in [6, 6.07) is 14.2. The molecule has 0 aliphatic heterocycles. The van der Waals surface area contributed by atoms with Gasteiger partial charge < -0.3 is 5.32 Å². The van der Waals surface area contributed by atoms with E-state index < -0.39 is 0 Å². The molecule has 21 heavy (non-hydrogen) atoms. The summed E-state index contributed by atoms with van der Waals surface area (Å²) in [5.41, 5.74) is 4.62. The molecule has 0 bridgehead atoms. The van der Waals surface area contributed by atoms with Crippen molar-refractivity contribution in [3.8, 4) is 0 Å². The lowest BCUT2D eigenvalue weighted by molar-refractivity contribution is -0.121. The normalized spacial score (nSPS) is 12.0. The second-order valence-electron chi connectivity index (χ2n) is 5.45. The zero-order valence-corrected chi connectivity index (χ0v) is 14.2. The lowest BCUT2D eigenvalue weighted by Crippen LogP contribution is -2.28. The number of halogens is 1. The van der Waals surface area contributed by atoms with Gasteiger partial charge in [0.15, 0.2) is 0 Å². The van der Waals surface area contributed by atoms with Crippen LogP contribution in [0.25, 0.3) is 0 Å². The van der Waals surface area contributed by atoms with Crippen molar-refractivity contribution in [2.24, 2.45) is 0 Å². The quantitative estimate of drug-likeness (QED) is 0.869. The highest BCUT2D eigenvalue weighted by atomic mass is 79.9. The Morgan fingerprint density at radius 1 is 1.14 bits per heavy atom. The van der Waals surface area contributed by atoms with Gasteiger partial charge in [0.25, 0.3) is 0 Å². The third kappa shape index (κ3) is 4.43. The van der Waals surface area contributed by atoms with Crippen molar-refractivity contribution in [2.75, 3.05) is 0 Å². The molecular formula is C18H20BrNO. The number of carbonyl (C=O) groups is 1. The van der Waals surface area contributed by atoms with Gasteiger partial charge in [0.1, 0.15) is 0 Å². The standard InChI is InChI=1S/C18H20BrNO/c1-12-4-5-13(2)17(10-12)14(3)20-18(21)11-15-6-8-16(19)9-7-15/h4-10,14H,11H2,1-3H3,(H,20,21)/t14-/m1/s1. The number of rotatable bonds is 4. The fourth-order valence-corrected chi connectivity index (χ4v) is 2.65. The Morgan fingerprint density at radius 3 is 2.48 bits per heavy atom. The van der Waals surface area contributed by atoms with Crippen LogP contribution in [0.4, 0.5) is 0 Å². The molecule has 0 fully saturated rings. The Morgan fingerprint density at radius 2 is 1.81 bits per heavy atom. The lowest BCUT2D eigenvalue weighted by Gasteiger charge is -2.17. The molecule has 0 aromatic heterocycles. The first-order valence-corrected chi connectivity index (χ1v) is 7.86. The SMILES string of the molecule is Cc1ccc(C)c([C@@H](C)NC(=O)Cc2ccc(Br)cc2)c1. The van der Waals surface area contributed by atoms with Gasteiger partial charge in [-0.3, -0.25) is 4.79 Å². The van der Waals surface area contributed by atoms with Crippen LogP contribution in [0.15, 0.2) is 46.9 Å². The van der Waals surface area contributed by atoms with E-state index in [4.69, 9.17) is 0 Å². The molecule has 0 aliphatic rings. The number of hydrogen-bond acceptors (Lipinski definition) is 1. The third-order valence-electron chi connectivity index (χ3n) is 3.56. The zero-order chi connectivity index (χ0) is 15.4. The minimum absolute atomic E-state index is 0.0212. The van der Waals surface area contributed by atoms with Crippen LogP contribution in [0.3, 0.4) is 0 Å². The largest absolute Gasteiger partial charge is 0.349 e. The van der Waals surface area contributed by atoms with E-state index in [0.717, 1.165) is 10.0 Å². The van der Waals surface area contributed by atoms with Crippen molar-refractivity contribution in [3.63, 3.8) is 0 Å². The van der Waals surface area contributed by atoms with Crippen LogP contribution in [0, 0.1) is 13.8 Å². The lowest BCUT2D eigenvalue weighted by atomic mass is 10.00. The smallest absolute Gasteiger partial charge is 0.224 e. The predicted molar refractivity (Wildman–Crippen MR) is 90.3 cm³/mol. The topological polar surface area (TPSA) is 29.1 Å². The van der Waals surface area contributed by atoms with Gasteiger partial charge in [0.2, 0.25) is 5.91 Å². The summed E-state index contributed by atoms with van der Waals surface area (Å²) in [6.07, 6.45) is 0.405. The van der Waals surface area contributed by atoms with E-state index in [9.17, 15) is 4.79 Å². The van der Waals surface area contributed by atoms with E-state index in [-0.39, 0.29) is 11.9 Å². The number of amides is 1. The predicted octanol–water partition coefficient (Wildman–Crippen LogP) is 4.49. The van der Waals surface area contributed by atoms with Crippen LogP contribution in [-0.2, 0) is 11.2 Å². The molecule has 0 saturated heterocycles. The highest BCUT2D eigenvalue weighted by Gasteiger charge is 2.12. The van der Waals surface area contributed by atoms with E-state index in [1.54, 1.807) is 0 Å². The molecule has 3 heteroatoms. The molecule has 2 aromatic carbocycles. The van der Waals surface area contributed by atoms with Crippen molar-refractivity contribution in [3.05, 3.63) is 69.2 Å². The molecule has 0 saturated carbocycles. The molecule has 1 atom stereocenters. The fraction of sp³-hybridized carbons (Fsp3) is 0.278. The van der Waals surface area contributed by atoms with E-state index in [0.29, 0.717) is 6.42 Å². The van der Waals surface area contributed by atoms with Gasteiger partial charge in [-0.25, -0.2) is 0 Å². The monoisotopic (exact) mass is 345 g/mol. The Hall–Kier alpha value is -1.61. The molecular weight excluding hydrogens is 326 g/mol. The van der Waals surface area contributed by atoms with Crippen molar-refractivity contribution in [1.82, 2.24) is 5.32 Å². The number of benzene rings is 2. The molecule has 0 radical (unpaired) electrons. The van der Waals surface area contributed by atoms with Gasteiger partial charge >= 0.3 is 0 Å². The maximum absolute atomic E-state index is 12.2. The minimum Gasteiger partial charge on any atom is -0.349 e. The molecule has 1 amide bonds. The summed E-state index contributed by atoms with van der Waals surface area (Å²) in [5.74, 6) is 0.0470. The number of hydrogen-bond donors (Lipinski definition) is 1. The van der Waals surface area contributed by atoms with Crippen LogP contribution < -0.4 is 5.32 Å². The molecule has 2 rings (SSSR count). The number of nitrogens with one attached hydrogen (secondary N) is 1. The summed E-state index contributed by atoms with van der Waals surface area (Å²) in [4.78, 5) is 12.2. The first-order chi connectivity index (χ1) is 9.95. The van der Waals surface area contributed by atoms with Crippen LogP contribution in [0.1, 0.15) is 35.2 Å². The van der Waals surface area contributed by atoms with Crippen molar-refractivity contribution < 1.29 is 4.79 Å². The molecule has 110 valence electrons. The van der Waals surface area contributed by atoms with E-state index in [1.165, 1.54) is 16.7 Å². The average molecular weight is 346 g/mol. The van der Waals surface area contributed by atoms with Gasteiger partial charge in [-0.2, -0.15) is 0 Å². The Kier molecular flexibility index (Phi) is 5.18. The molecule has 0 unspecified atom stereocenters. The first-order valence-electron chi connectivity index (χ1n) is 7.06. The summed E-state index contributed by atoms with van der Waals surface area (Å²) in [7, 11) is 0. The molecule has 0 spiro atoms. The highest BCUT2D eigenvalue weighted by Crippen LogP contribution is 2.19. The van der Waals surface area contributed by atoms with Gasteiger partial charge in [-0.05, 0) is 49.6 Å². The molecule has 2 aromatic rings. The summed E-state index contributed by atoms with van der Waals surface area (Å²) >= 11 is 3.40. The number of carbonyl (C=O) groups excluding carboxylic acids is 1. The van der Waals surface area contributed by atoms with Gasteiger partial charge in [-0.1, -0.05) is 51.8 Å². The van der Waals surface area contributed by atoms with Crippen molar-refractivity contribution >= 4 is 21.8 Å². The van der Waals surface area contributed by atoms with Gasteiger partial charge in [-0.15, -0.1) is 0 Å². The molecule has 0 aliphatic carbocycles. The van der Waals surface area contributed by atoms with Crippen LogP contribution in [0.5, 0.6) is 0 Å².